The molecule has 0 saturated heterocycles. The van der Waals surface area contributed by atoms with Gasteiger partial charge in [0.25, 0.3) is 0 Å². The summed E-state index contributed by atoms with van der Waals surface area (Å²) in [6, 6.07) is 9.17. The van der Waals surface area contributed by atoms with Gasteiger partial charge in [-0.15, -0.1) is 0 Å². The molecule has 1 rings (SSSR count). The quantitative estimate of drug-likeness (QED) is 0.261. The van der Waals surface area contributed by atoms with Crippen molar-refractivity contribution in [1.82, 2.24) is 15.9 Å². The number of carbonyl (C=O) groups excluding carboxylic acids is 3. The van der Waals surface area contributed by atoms with Crippen molar-refractivity contribution in [3.05, 3.63) is 35.9 Å². The lowest BCUT2D eigenvalue weighted by Gasteiger charge is -2.19. The molecule has 3 amide bonds. The first kappa shape index (κ1) is 19.6. The van der Waals surface area contributed by atoms with E-state index in [-0.39, 0.29) is 25.3 Å². The molecule has 1 atom stereocenters. The van der Waals surface area contributed by atoms with E-state index in [1.54, 1.807) is 0 Å². The Labute approximate surface area is 142 Å². The molecule has 1 unspecified atom stereocenters. The number of amides is 3. The van der Waals surface area contributed by atoms with Crippen LogP contribution in [0.25, 0.3) is 0 Å². The van der Waals surface area contributed by atoms with Crippen LogP contribution >= 0.6 is 0 Å². The van der Waals surface area contributed by atoms with Crippen molar-refractivity contribution in [2.75, 3.05) is 6.54 Å². The minimum Gasteiger partial charge on any atom is -0.286 e. The number of carbonyl (C=O) groups is 3. The van der Waals surface area contributed by atoms with Gasteiger partial charge in [-0.3, -0.25) is 30.4 Å². The molecule has 0 aliphatic rings. The summed E-state index contributed by atoms with van der Waals surface area (Å²) in [6.45, 7) is 1.94. The van der Waals surface area contributed by atoms with Crippen LogP contribution in [0.2, 0.25) is 0 Å². The van der Waals surface area contributed by atoms with E-state index in [9.17, 15) is 19.6 Å². The molecular formula is C17H25N3O4. The average molecular weight is 335 g/mol. The lowest BCUT2D eigenvalue weighted by molar-refractivity contribution is -0.155. The number of nitrogens with zero attached hydrogens (tertiary/aromatic N) is 1. The Morgan fingerprint density at radius 2 is 1.92 bits per heavy atom. The Hall–Kier alpha value is -2.41. The molecule has 0 aromatic heterocycles. The maximum absolute atomic E-state index is 12.2. The fourth-order valence-electron chi connectivity index (χ4n) is 2.27. The summed E-state index contributed by atoms with van der Waals surface area (Å²) in [5.41, 5.74) is 5.57. The molecule has 0 aliphatic carbocycles. The zero-order valence-electron chi connectivity index (χ0n) is 13.9. The predicted molar refractivity (Wildman–Crippen MR) is 88.6 cm³/mol. The normalized spacial score (nSPS) is 11.4. The van der Waals surface area contributed by atoms with Crippen molar-refractivity contribution in [2.24, 2.45) is 5.92 Å². The minimum absolute atomic E-state index is 0.104. The second-order valence-corrected chi connectivity index (χ2v) is 5.62. The molecule has 0 saturated carbocycles. The van der Waals surface area contributed by atoms with Gasteiger partial charge in [0.15, 0.2) is 0 Å². The van der Waals surface area contributed by atoms with E-state index in [4.69, 9.17) is 0 Å². The smallest absolute Gasteiger partial charge is 0.243 e. The molecule has 0 fully saturated rings. The Morgan fingerprint density at radius 3 is 2.54 bits per heavy atom. The van der Waals surface area contributed by atoms with Gasteiger partial charge < -0.3 is 0 Å². The zero-order chi connectivity index (χ0) is 17.8. The summed E-state index contributed by atoms with van der Waals surface area (Å²) in [6.07, 6.45) is 3.70. The highest BCUT2D eigenvalue weighted by Gasteiger charge is 2.21. The number of hydroxylamine groups is 2. The summed E-state index contributed by atoms with van der Waals surface area (Å²) in [5.74, 6) is -1.34. The van der Waals surface area contributed by atoms with Gasteiger partial charge in [0.1, 0.15) is 0 Å². The highest BCUT2D eigenvalue weighted by molar-refractivity contribution is 5.84. The average Bonchev–Trinajstić information content (AvgIpc) is 2.59. The van der Waals surface area contributed by atoms with Gasteiger partial charge in [0.2, 0.25) is 18.2 Å². The van der Waals surface area contributed by atoms with Crippen LogP contribution in [-0.2, 0) is 20.8 Å². The number of rotatable bonds is 10. The first-order chi connectivity index (χ1) is 11.6. The first-order valence-corrected chi connectivity index (χ1v) is 8.10. The zero-order valence-corrected chi connectivity index (χ0v) is 13.9. The van der Waals surface area contributed by atoms with Gasteiger partial charge in [-0.1, -0.05) is 56.5 Å². The molecule has 132 valence electrons. The second kappa shape index (κ2) is 11.2. The minimum atomic E-state index is -0.580. The van der Waals surface area contributed by atoms with Crippen LogP contribution in [0.5, 0.6) is 0 Å². The molecule has 24 heavy (non-hydrogen) atoms. The van der Waals surface area contributed by atoms with Gasteiger partial charge in [-0.05, 0) is 12.0 Å². The monoisotopic (exact) mass is 335 g/mol. The summed E-state index contributed by atoms with van der Waals surface area (Å²) >= 11 is 0. The Kier molecular flexibility index (Phi) is 9.14. The highest BCUT2D eigenvalue weighted by Crippen LogP contribution is 2.11. The van der Waals surface area contributed by atoms with Crippen LogP contribution in [-0.4, -0.2) is 35.0 Å². The molecule has 3 N–H and O–H groups in total. The molecule has 1 aromatic rings. The van der Waals surface area contributed by atoms with Crippen LogP contribution in [0.4, 0.5) is 0 Å². The predicted octanol–water partition coefficient (Wildman–Crippen LogP) is 1.42. The largest absolute Gasteiger partial charge is 0.286 e. The topological polar surface area (TPSA) is 98.7 Å². The summed E-state index contributed by atoms with van der Waals surface area (Å²) in [5, 5.41) is 9.75. The molecule has 0 spiro atoms. The summed E-state index contributed by atoms with van der Waals surface area (Å²) < 4.78 is 0. The third kappa shape index (κ3) is 7.73. The fraction of sp³-hybridized carbons (Fsp3) is 0.471. The maximum Gasteiger partial charge on any atom is 0.243 e. The lowest BCUT2D eigenvalue weighted by atomic mass is 10.0. The second-order valence-electron chi connectivity index (χ2n) is 5.62. The number of unbranched alkanes of at least 4 members (excludes halogenated alkanes) is 2. The number of nitrogens with one attached hydrogen (secondary N) is 2. The van der Waals surface area contributed by atoms with Crippen LogP contribution in [0, 0.1) is 5.92 Å². The van der Waals surface area contributed by atoms with E-state index < -0.39 is 11.8 Å². The molecule has 7 nitrogen and oxygen atoms in total. The van der Waals surface area contributed by atoms with E-state index in [1.165, 1.54) is 0 Å². The number of benzene rings is 1. The van der Waals surface area contributed by atoms with Gasteiger partial charge in [0, 0.05) is 0 Å². The highest BCUT2D eigenvalue weighted by atomic mass is 16.5. The van der Waals surface area contributed by atoms with E-state index >= 15 is 0 Å². The van der Waals surface area contributed by atoms with Crippen molar-refractivity contribution in [3.63, 3.8) is 0 Å². The van der Waals surface area contributed by atoms with Gasteiger partial charge in [0.05, 0.1) is 18.9 Å². The van der Waals surface area contributed by atoms with Crippen LogP contribution in [0.1, 0.15) is 38.2 Å². The molecule has 0 aliphatic heterocycles. The van der Waals surface area contributed by atoms with Crippen molar-refractivity contribution < 1.29 is 19.6 Å². The molecule has 0 radical (unpaired) electrons. The van der Waals surface area contributed by atoms with E-state index in [0.717, 1.165) is 24.8 Å². The van der Waals surface area contributed by atoms with Crippen molar-refractivity contribution in [2.45, 2.75) is 39.0 Å². The number of hydrazine groups is 1. The van der Waals surface area contributed by atoms with E-state index in [2.05, 4.69) is 10.9 Å². The summed E-state index contributed by atoms with van der Waals surface area (Å²) in [7, 11) is 0. The molecule has 0 bridgehead atoms. The van der Waals surface area contributed by atoms with Crippen LogP contribution in [0.3, 0.4) is 0 Å². The fourth-order valence-corrected chi connectivity index (χ4v) is 2.27. The SMILES string of the molecule is CCCCCC(CN(O)C=O)C(=O)NNC(=O)Cc1ccccc1. The van der Waals surface area contributed by atoms with Crippen LogP contribution < -0.4 is 10.9 Å². The van der Waals surface area contributed by atoms with Gasteiger partial charge in [-0.25, -0.2) is 5.06 Å². The van der Waals surface area contributed by atoms with Gasteiger partial charge in [-0.2, -0.15) is 0 Å². The molecule has 7 heteroatoms. The van der Waals surface area contributed by atoms with Gasteiger partial charge >= 0.3 is 0 Å². The van der Waals surface area contributed by atoms with E-state index in [0.29, 0.717) is 11.5 Å². The lowest BCUT2D eigenvalue weighted by Crippen LogP contribution is -2.47. The van der Waals surface area contributed by atoms with Crippen molar-refractivity contribution >= 4 is 18.2 Å². The Bertz CT molecular complexity index is 522. The number of hydrogen-bond acceptors (Lipinski definition) is 4. The molecular weight excluding hydrogens is 310 g/mol. The number of hydrogen-bond donors (Lipinski definition) is 3. The van der Waals surface area contributed by atoms with Crippen molar-refractivity contribution in [3.8, 4) is 0 Å². The van der Waals surface area contributed by atoms with E-state index in [1.807, 2.05) is 37.3 Å². The summed E-state index contributed by atoms with van der Waals surface area (Å²) in [4.78, 5) is 34.5. The molecule has 1 aromatic carbocycles. The van der Waals surface area contributed by atoms with Crippen LogP contribution in [0.15, 0.2) is 30.3 Å². The van der Waals surface area contributed by atoms with Crippen molar-refractivity contribution in [1.29, 1.82) is 0 Å². The standard InChI is InChI=1S/C17H25N3O4/c1-2-3-5-10-15(12-20(24)13-21)17(23)19-18-16(22)11-14-8-6-4-7-9-14/h4,6-9,13,15,24H,2-3,5,10-12H2,1H3,(H,18,22)(H,19,23). The first-order valence-electron chi connectivity index (χ1n) is 8.10. The maximum atomic E-state index is 12.2. The Morgan fingerprint density at radius 1 is 1.21 bits per heavy atom. The Balaban J connectivity index is 2.47. The third-order valence-corrected chi connectivity index (χ3v) is 3.59. The molecule has 0 heterocycles. The third-order valence-electron chi connectivity index (χ3n) is 3.59.